The molecule has 1 rings (SSSR count). The van der Waals surface area contributed by atoms with Gasteiger partial charge in [0.2, 0.25) is 0 Å². The molecule has 0 fully saturated rings. The van der Waals surface area contributed by atoms with Crippen molar-refractivity contribution in [1.82, 2.24) is 0 Å². The van der Waals surface area contributed by atoms with Crippen molar-refractivity contribution >= 4 is 11.8 Å². The van der Waals surface area contributed by atoms with Gasteiger partial charge in [-0.05, 0) is 30.5 Å². The van der Waals surface area contributed by atoms with E-state index < -0.39 is 0 Å². The number of thioether (sulfide) groups is 1. The Labute approximate surface area is 77.1 Å². The molecule has 0 aliphatic heterocycles. The summed E-state index contributed by atoms with van der Waals surface area (Å²) in [5.74, 6) is 0.887. The molecule has 0 aliphatic rings. The van der Waals surface area contributed by atoms with Crippen molar-refractivity contribution < 1.29 is 4.74 Å². The molecule has 3 heteroatoms. The fourth-order valence-electron chi connectivity index (χ4n) is 0.849. The van der Waals surface area contributed by atoms with Crippen molar-refractivity contribution in [3.8, 4) is 5.75 Å². The zero-order chi connectivity index (χ0) is 8.81. The Bertz CT molecular complexity index is 222. The van der Waals surface area contributed by atoms with Crippen molar-refractivity contribution in [2.24, 2.45) is 5.73 Å². The molecule has 0 atom stereocenters. The number of hydrogen-bond acceptors (Lipinski definition) is 3. The van der Waals surface area contributed by atoms with Gasteiger partial charge in [-0.3, -0.25) is 0 Å². The highest BCUT2D eigenvalue weighted by molar-refractivity contribution is 7.98. The van der Waals surface area contributed by atoms with E-state index in [2.05, 4.69) is 6.26 Å². The number of rotatable bonds is 4. The van der Waals surface area contributed by atoms with Gasteiger partial charge in [-0.15, -0.1) is 11.8 Å². The molecule has 0 radical (unpaired) electrons. The Morgan fingerprint density at radius 2 is 2.00 bits per heavy atom. The van der Waals surface area contributed by atoms with Crippen LogP contribution in [0, 0.1) is 0 Å². The van der Waals surface area contributed by atoms with Crippen LogP contribution in [-0.2, 0) is 0 Å². The third-order valence-electron chi connectivity index (χ3n) is 1.45. The maximum Gasteiger partial charge on any atom is 0.119 e. The van der Waals surface area contributed by atoms with Crippen LogP contribution in [0.3, 0.4) is 0 Å². The molecule has 0 heterocycles. The van der Waals surface area contributed by atoms with Crippen molar-refractivity contribution in [2.75, 3.05) is 19.4 Å². The summed E-state index contributed by atoms with van der Waals surface area (Å²) in [6, 6.07) is 8.00. The van der Waals surface area contributed by atoms with Crippen LogP contribution in [0.15, 0.2) is 29.2 Å². The second-order valence-electron chi connectivity index (χ2n) is 2.31. The number of nitrogens with two attached hydrogens (primary N) is 1. The molecular weight excluding hydrogens is 170 g/mol. The summed E-state index contributed by atoms with van der Waals surface area (Å²) >= 11 is 1.72. The van der Waals surface area contributed by atoms with Gasteiger partial charge in [-0.1, -0.05) is 0 Å². The minimum atomic E-state index is 0.560. The lowest BCUT2D eigenvalue weighted by molar-refractivity contribution is 0.328. The van der Waals surface area contributed by atoms with E-state index in [1.807, 2.05) is 24.3 Å². The second kappa shape index (κ2) is 5.06. The SMILES string of the molecule is CSc1ccc(OCCN)cc1. The second-order valence-corrected chi connectivity index (χ2v) is 3.19. The maximum absolute atomic E-state index is 5.32. The highest BCUT2D eigenvalue weighted by Gasteiger charge is 1.92. The molecule has 2 N–H and O–H groups in total. The van der Waals surface area contributed by atoms with Crippen molar-refractivity contribution in [2.45, 2.75) is 4.90 Å². The van der Waals surface area contributed by atoms with Crippen molar-refractivity contribution in [3.63, 3.8) is 0 Å². The molecule has 1 aromatic carbocycles. The van der Waals surface area contributed by atoms with Gasteiger partial charge in [0.05, 0.1) is 0 Å². The van der Waals surface area contributed by atoms with E-state index in [-0.39, 0.29) is 0 Å². The first-order valence-electron chi connectivity index (χ1n) is 3.83. The van der Waals surface area contributed by atoms with Gasteiger partial charge in [0, 0.05) is 11.4 Å². The maximum atomic E-state index is 5.32. The number of ether oxygens (including phenoxy) is 1. The van der Waals surface area contributed by atoms with Crippen LogP contribution in [0.25, 0.3) is 0 Å². The molecule has 2 nitrogen and oxygen atoms in total. The van der Waals surface area contributed by atoms with Gasteiger partial charge in [-0.25, -0.2) is 0 Å². The van der Waals surface area contributed by atoms with E-state index in [4.69, 9.17) is 10.5 Å². The summed E-state index contributed by atoms with van der Waals surface area (Å²) < 4.78 is 5.32. The molecule has 0 bridgehead atoms. The van der Waals surface area contributed by atoms with E-state index in [1.54, 1.807) is 11.8 Å². The van der Waals surface area contributed by atoms with Crippen LogP contribution in [0.4, 0.5) is 0 Å². The summed E-state index contributed by atoms with van der Waals surface area (Å²) in [7, 11) is 0. The standard InChI is InChI=1S/C9H13NOS/c1-12-9-4-2-8(3-5-9)11-7-6-10/h2-5H,6-7,10H2,1H3. The number of hydrogen-bond donors (Lipinski definition) is 1. The van der Waals surface area contributed by atoms with Gasteiger partial charge in [0.15, 0.2) is 0 Å². The first-order valence-corrected chi connectivity index (χ1v) is 5.06. The Kier molecular flexibility index (Phi) is 3.97. The zero-order valence-electron chi connectivity index (χ0n) is 7.12. The van der Waals surface area contributed by atoms with E-state index in [0.29, 0.717) is 13.2 Å². The summed E-state index contributed by atoms with van der Waals surface area (Å²) in [5, 5.41) is 0. The zero-order valence-corrected chi connectivity index (χ0v) is 7.93. The van der Waals surface area contributed by atoms with Gasteiger partial charge in [-0.2, -0.15) is 0 Å². The first-order chi connectivity index (χ1) is 5.86. The molecule has 0 aromatic heterocycles. The van der Waals surface area contributed by atoms with E-state index in [1.165, 1.54) is 4.90 Å². The van der Waals surface area contributed by atoms with Crippen LogP contribution < -0.4 is 10.5 Å². The fraction of sp³-hybridized carbons (Fsp3) is 0.333. The average molecular weight is 183 g/mol. The predicted octanol–water partition coefficient (Wildman–Crippen LogP) is 1.75. The van der Waals surface area contributed by atoms with Crippen LogP contribution in [0.1, 0.15) is 0 Å². The molecule has 0 saturated carbocycles. The molecule has 0 aliphatic carbocycles. The summed E-state index contributed by atoms with van der Waals surface area (Å²) in [4.78, 5) is 1.25. The monoisotopic (exact) mass is 183 g/mol. The average Bonchev–Trinajstić information content (AvgIpc) is 2.15. The highest BCUT2D eigenvalue weighted by Crippen LogP contribution is 2.18. The topological polar surface area (TPSA) is 35.2 Å². The minimum absolute atomic E-state index is 0.560. The van der Waals surface area contributed by atoms with Gasteiger partial charge < -0.3 is 10.5 Å². The Morgan fingerprint density at radius 1 is 1.33 bits per heavy atom. The third-order valence-corrected chi connectivity index (χ3v) is 2.19. The highest BCUT2D eigenvalue weighted by atomic mass is 32.2. The number of benzene rings is 1. The molecule has 1 aromatic rings. The molecule has 66 valence electrons. The molecule has 0 unspecified atom stereocenters. The van der Waals surface area contributed by atoms with Crippen LogP contribution in [-0.4, -0.2) is 19.4 Å². The van der Waals surface area contributed by atoms with Crippen molar-refractivity contribution in [1.29, 1.82) is 0 Å². The van der Waals surface area contributed by atoms with E-state index in [0.717, 1.165) is 5.75 Å². The molecule has 0 amide bonds. The Morgan fingerprint density at radius 3 is 2.50 bits per heavy atom. The summed E-state index contributed by atoms with van der Waals surface area (Å²) in [6.07, 6.45) is 2.05. The predicted molar refractivity (Wildman–Crippen MR) is 52.8 cm³/mol. The lowest BCUT2D eigenvalue weighted by Crippen LogP contribution is -2.10. The minimum Gasteiger partial charge on any atom is -0.492 e. The molecular formula is C9H13NOS. The van der Waals surface area contributed by atoms with Gasteiger partial charge >= 0.3 is 0 Å². The fourth-order valence-corrected chi connectivity index (χ4v) is 1.26. The molecule has 12 heavy (non-hydrogen) atoms. The summed E-state index contributed by atoms with van der Waals surface area (Å²) in [5.41, 5.74) is 5.30. The lowest BCUT2D eigenvalue weighted by atomic mass is 10.3. The largest absolute Gasteiger partial charge is 0.492 e. The summed E-state index contributed by atoms with van der Waals surface area (Å²) in [6.45, 7) is 1.14. The lowest BCUT2D eigenvalue weighted by Gasteiger charge is -2.04. The van der Waals surface area contributed by atoms with E-state index in [9.17, 15) is 0 Å². The quantitative estimate of drug-likeness (QED) is 0.722. The van der Waals surface area contributed by atoms with Crippen LogP contribution in [0.5, 0.6) is 5.75 Å². The Balaban J connectivity index is 2.53. The van der Waals surface area contributed by atoms with Crippen LogP contribution in [0.2, 0.25) is 0 Å². The van der Waals surface area contributed by atoms with Gasteiger partial charge in [0.1, 0.15) is 12.4 Å². The third kappa shape index (κ3) is 2.75. The van der Waals surface area contributed by atoms with E-state index >= 15 is 0 Å². The smallest absolute Gasteiger partial charge is 0.119 e. The molecule has 0 spiro atoms. The Hall–Kier alpha value is -0.670. The van der Waals surface area contributed by atoms with Crippen LogP contribution >= 0.6 is 11.8 Å². The first kappa shape index (κ1) is 9.42. The van der Waals surface area contributed by atoms with Gasteiger partial charge in [0.25, 0.3) is 0 Å². The molecule has 0 saturated heterocycles. The normalized spacial score (nSPS) is 9.83. The van der Waals surface area contributed by atoms with Crippen molar-refractivity contribution in [3.05, 3.63) is 24.3 Å².